The molecule has 1 aromatic carbocycles. The maximum absolute atomic E-state index is 7.39. The van der Waals surface area contributed by atoms with Crippen LogP contribution in [0.4, 0.5) is 17.2 Å². The van der Waals surface area contributed by atoms with E-state index < -0.39 is 0 Å². The highest BCUT2D eigenvalue weighted by Crippen LogP contribution is 2.29. The van der Waals surface area contributed by atoms with Crippen molar-refractivity contribution in [2.24, 2.45) is 7.05 Å². The molecule has 0 aliphatic rings. The van der Waals surface area contributed by atoms with E-state index in [-0.39, 0.29) is 0 Å². The van der Waals surface area contributed by atoms with Gasteiger partial charge in [0, 0.05) is 60.4 Å². The second-order valence-electron chi connectivity index (χ2n) is 6.21. The Morgan fingerprint density at radius 3 is 2.73 bits per heavy atom. The molecule has 0 saturated carbocycles. The van der Waals surface area contributed by atoms with Gasteiger partial charge in [-0.2, -0.15) is 5.10 Å². The van der Waals surface area contributed by atoms with E-state index in [1.807, 2.05) is 65.8 Å². The third-order valence-corrected chi connectivity index (χ3v) is 4.44. The highest BCUT2D eigenvalue weighted by Gasteiger charge is 2.10. The van der Waals surface area contributed by atoms with Crippen molar-refractivity contribution in [3.63, 3.8) is 0 Å². The first-order valence-electron chi connectivity index (χ1n) is 8.20. The summed E-state index contributed by atoms with van der Waals surface area (Å²) in [6.45, 7) is 2.01. The number of fused-ring (bicyclic) bond motifs is 1. The van der Waals surface area contributed by atoms with Crippen molar-refractivity contribution in [1.29, 1.82) is 5.41 Å². The lowest BCUT2D eigenvalue weighted by Crippen LogP contribution is -1.99. The molecule has 4 N–H and O–H groups in total. The van der Waals surface area contributed by atoms with E-state index in [0.29, 0.717) is 11.3 Å². The summed E-state index contributed by atoms with van der Waals surface area (Å²) in [5.41, 5.74) is 12.1. The molecule has 7 heteroatoms. The highest BCUT2D eigenvalue weighted by molar-refractivity contribution is 5.88. The maximum atomic E-state index is 7.39. The van der Waals surface area contributed by atoms with Crippen LogP contribution in [0.1, 0.15) is 11.3 Å². The first-order valence-corrected chi connectivity index (χ1v) is 8.20. The molecule has 26 heavy (non-hydrogen) atoms. The zero-order chi connectivity index (χ0) is 18.3. The Bertz CT molecular complexity index is 1100. The lowest BCUT2D eigenvalue weighted by Gasteiger charge is -2.10. The number of hydrogen-bond acceptors (Lipinski definition) is 5. The van der Waals surface area contributed by atoms with Gasteiger partial charge in [-0.05, 0) is 24.6 Å². The molecule has 3 heterocycles. The Morgan fingerprint density at radius 1 is 1.19 bits per heavy atom. The Kier molecular flexibility index (Phi) is 3.69. The smallest absolute Gasteiger partial charge is 0.160 e. The standard InChI is InChI=1S/C19H19N7/c1-12-7-18(24-25(12)2)23-17-9-15(11-26-6-5-22-19(17)26)13-3-4-14(10-20)16(21)8-13/h3-11,20H,21H2,1-2H3,(H,23,24). The van der Waals surface area contributed by atoms with Crippen LogP contribution in [0.5, 0.6) is 0 Å². The fraction of sp³-hybridized carbons (Fsp3) is 0.105. The molecule has 0 radical (unpaired) electrons. The second kappa shape index (κ2) is 6.03. The Balaban J connectivity index is 1.81. The lowest BCUT2D eigenvalue weighted by atomic mass is 10.0. The average Bonchev–Trinajstić information content (AvgIpc) is 3.21. The van der Waals surface area contributed by atoms with Crippen LogP contribution in [0.2, 0.25) is 0 Å². The predicted molar refractivity (Wildman–Crippen MR) is 104 cm³/mol. The van der Waals surface area contributed by atoms with Gasteiger partial charge in [0.25, 0.3) is 0 Å². The first kappa shape index (κ1) is 15.9. The summed E-state index contributed by atoms with van der Waals surface area (Å²) in [7, 11) is 1.91. The summed E-state index contributed by atoms with van der Waals surface area (Å²) >= 11 is 0. The minimum Gasteiger partial charge on any atom is -0.398 e. The normalized spacial score (nSPS) is 11.0. The highest BCUT2D eigenvalue weighted by atomic mass is 15.3. The Labute approximate surface area is 150 Å². The molecule has 0 saturated heterocycles. The number of nitrogens with zero attached hydrogens (tertiary/aromatic N) is 4. The molecule has 4 rings (SSSR count). The van der Waals surface area contributed by atoms with Crippen molar-refractivity contribution in [3.8, 4) is 11.1 Å². The fourth-order valence-corrected chi connectivity index (χ4v) is 2.93. The van der Waals surface area contributed by atoms with E-state index >= 15 is 0 Å². The van der Waals surface area contributed by atoms with Crippen LogP contribution < -0.4 is 11.1 Å². The predicted octanol–water partition coefficient (Wildman–Crippen LogP) is 3.37. The number of nitrogen functional groups attached to an aromatic ring is 1. The van der Waals surface area contributed by atoms with Gasteiger partial charge in [-0.1, -0.05) is 12.1 Å². The van der Waals surface area contributed by atoms with Crippen LogP contribution in [0, 0.1) is 12.3 Å². The van der Waals surface area contributed by atoms with Crippen LogP contribution in [0.15, 0.2) is 48.9 Å². The fourth-order valence-electron chi connectivity index (χ4n) is 2.93. The van der Waals surface area contributed by atoms with Gasteiger partial charge in [0.15, 0.2) is 11.5 Å². The van der Waals surface area contributed by atoms with Gasteiger partial charge in [0.2, 0.25) is 0 Å². The molecular formula is C19H19N7. The van der Waals surface area contributed by atoms with Gasteiger partial charge in [-0.3, -0.25) is 4.68 Å². The zero-order valence-electron chi connectivity index (χ0n) is 14.6. The molecule has 0 aliphatic carbocycles. The number of nitrogens with two attached hydrogens (primary N) is 1. The molecule has 0 unspecified atom stereocenters. The zero-order valence-corrected chi connectivity index (χ0v) is 14.6. The largest absolute Gasteiger partial charge is 0.398 e. The van der Waals surface area contributed by atoms with Crippen LogP contribution in [0.25, 0.3) is 16.8 Å². The van der Waals surface area contributed by atoms with Gasteiger partial charge < -0.3 is 20.9 Å². The third kappa shape index (κ3) is 2.69. The minimum atomic E-state index is 0.582. The summed E-state index contributed by atoms with van der Waals surface area (Å²) < 4.78 is 3.79. The minimum absolute atomic E-state index is 0.582. The lowest BCUT2D eigenvalue weighted by molar-refractivity contribution is 0.743. The van der Waals surface area contributed by atoms with Gasteiger partial charge in [-0.25, -0.2) is 4.98 Å². The number of hydrogen-bond donors (Lipinski definition) is 3. The monoisotopic (exact) mass is 345 g/mol. The molecule has 0 fully saturated rings. The SMILES string of the molecule is Cc1cc(Nc2cc(-c3ccc(C=N)c(N)c3)cn3ccnc23)nn1C. The molecule has 3 aromatic heterocycles. The molecule has 7 nitrogen and oxygen atoms in total. The summed E-state index contributed by atoms with van der Waals surface area (Å²) in [4.78, 5) is 4.44. The third-order valence-electron chi connectivity index (χ3n) is 4.44. The topological polar surface area (TPSA) is 97.0 Å². The Hall–Kier alpha value is -3.61. The van der Waals surface area contributed by atoms with Crippen molar-refractivity contribution < 1.29 is 0 Å². The van der Waals surface area contributed by atoms with E-state index in [2.05, 4.69) is 15.4 Å². The number of rotatable bonds is 4. The van der Waals surface area contributed by atoms with Gasteiger partial charge in [0.05, 0.1) is 5.69 Å². The summed E-state index contributed by atoms with van der Waals surface area (Å²) in [5, 5.41) is 15.2. The van der Waals surface area contributed by atoms with Crippen LogP contribution in [-0.4, -0.2) is 25.4 Å². The molecule has 0 spiro atoms. The molecule has 0 atom stereocenters. The summed E-state index contributed by atoms with van der Waals surface area (Å²) in [6, 6.07) is 9.72. The van der Waals surface area contributed by atoms with Gasteiger partial charge in [0.1, 0.15) is 0 Å². The molecule has 4 aromatic rings. The number of imidazole rings is 1. The van der Waals surface area contributed by atoms with Gasteiger partial charge in [-0.15, -0.1) is 0 Å². The number of pyridine rings is 1. The van der Waals surface area contributed by atoms with Gasteiger partial charge >= 0.3 is 0 Å². The first-order chi connectivity index (χ1) is 12.5. The average molecular weight is 345 g/mol. The number of benzene rings is 1. The van der Waals surface area contributed by atoms with E-state index in [1.165, 1.54) is 6.21 Å². The molecular weight excluding hydrogens is 326 g/mol. The van der Waals surface area contributed by atoms with Crippen molar-refractivity contribution >= 4 is 29.1 Å². The number of aromatic nitrogens is 4. The quantitative estimate of drug-likeness (QED) is 0.390. The van der Waals surface area contributed by atoms with E-state index in [0.717, 1.165) is 34.0 Å². The van der Waals surface area contributed by atoms with Crippen LogP contribution in [0.3, 0.4) is 0 Å². The number of aryl methyl sites for hydroxylation is 2. The van der Waals surface area contributed by atoms with Crippen LogP contribution in [-0.2, 0) is 7.05 Å². The van der Waals surface area contributed by atoms with E-state index in [1.54, 1.807) is 6.20 Å². The number of nitrogens with one attached hydrogen (secondary N) is 2. The second-order valence-corrected chi connectivity index (χ2v) is 6.21. The number of anilines is 3. The molecule has 130 valence electrons. The molecule has 0 bridgehead atoms. The molecule has 0 amide bonds. The van der Waals surface area contributed by atoms with Crippen molar-refractivity contribution in [3.05, 3.63) is 60.2 Å². The van der Waals surface area contributed by atoms with E-state index in [9.17, 15) is 0 Å². The van der Waals surface area contributed by atoms with Crippen molar-refractivity contribution in [1.82, 2.24) is 19.2 Å². The van der Waals surface area contributed by atoms with Crippen LogP contribution >= 0.6 is 0 Å². The molecule has 0 aliphatic heterocycles. The summed E-state index contributed by atoms with van der Waals surface area (Å²) in [6.07, 6.45) is 6.94. The van der Waals surface area contributed by atoms with Crippen molar-refractivity contribution in [2.45, 2.75) is 6.92 Å². The maximum Gasteiger partial charge on any atom is 0.160 e. The van der Waals surface area contributed by atoms with E-state index in [4.69, 9.17) is 11.1 Å². The van der Waals surface area contributed by atoms with Crippen molar-refractivity contribution in [2.75, 3.05) is 11.1 Å². The Morgan fingerprint density at radius 2 is 2.04 bits per heavy atom. The summed E-state index contributed by atoms with van der Waals surface area (Å²) in [5.74, 6) is 0.769.